The molecule has 0 aliphatic heterocycles. The summed E-state index contributed by atoms with van der Waals surface area (Å²) >= 11 is 0. The van der Waals surface area contributed by atoms with Crippen molar-refractivity contribution in [2.24, 2.45) is 0 Å². The Hall–Kier alpha value is -2.74. The standard InChI is InChI=1S/C26H26O2/c1-3-5-7-17-9-11-19-21-15-26-22(16-25(21)27-23(19)13-17)20-12-10-18(8-6-4-2)14-24(20)28-26/h9-16H,3-8H2,1-2H3. The van der Waals surface area contributed by atoms with Crippen LogP contribution in [0.2, 0.25) is 0 Å². The van der Waals surface area contributed by atoms with Gasteiger partial charge >= 0.3 is 0 Å². The summed E-state index contributed by atoms with van der Waals surface area (Å²) in [5.41, 5.74) is 6.52. The Bertz CT molecular complexity index is 1180. The monoisotopic (exact) mass is 370 g/mol. The van der Waals surface area contributed by atoms with Gasteiger partial charge in [0.15, 0.2) is 0 Å². The SMILES string of the molecule is CCCCc1ccc2c(c1)oc1cc3c(cc12)oc1cc(CCCC)ccc13. The molecule has 0 N–H and O–H groups in total. The van der Waals surface area contributed by atoms with Crippen LogP contribution < -0.4 is 0 Å². The number of rotatable bonds is 6. The van der Waals surface area contributed by atoms with E-state index in [4.69, 9.17) is 8.83 Å². The van der Waals surface area contributed by atoms with E-state index in [-0.39, 0.29) is 0 Å². The third kappa shape index (κ3) is 2.88. The first-order valence-corrected chi connectivity index (χ1v) is 10.6. The number of hydrogen-bond acceptors (Lipinski definition) is 2. The zero-order valence-electron chi connectivity index (χ0n) is 16.7. The van der Waals surface area contributed by atoms with Gasteiger partial charge in [0.2, 0.25) is 0 Å². The van der Waals surface area contributed by atoms with Crippen LogP contribution in [0.4, 0.5) is 0 Å². The molecule has 2 heterocycles. The van der Waals surface area contributed by atoms with Gasteiger partial charge < -0.3 is 8.83 Å². The highest BCUT2D eigenvalue weighted by Crippen LogP contribution is 2.37. The molecule has 3 aromatic carbocycles. The molecule has 0 amide bonds. The van der Waals surface area contributed by atoms with E-state index in [1.54, 1.807) is 0 Å². The van der Waals surface area contributed by atoms with Crippen molar-refractivity contribution in [3.63, 3.8) is 0 Å². The van der Waals surface area contributed by atoms with Gasteiger partial charge in [-0.1, -0.05) is 51.0 Å². The summed E-state index contributed by atoms with van der Waals surface area (Å²) in [6, 6.07) is 17.6. The Morgan fingerprint density at radius 3 is 1.39 bits per heavy atom. The maximum Gasteiger partial charge on any atom is 0.136 e. The van der Waals surface area contributed by atoms with E-state index >= 15 is 0 Å². The third-order valence-corrected chi connectivity index (χ3v) is 5.83. The van der Waals surface area contributed by atoms with E-state index in [9.17, 15) is 0 Å². The minimum Gasteiger partial charge on any atom is -0.456 e. The zero-order valence-corrected chi connectivity index (χ0v) is 16.7. The largest absolute Gasteiger partial charge is 0.456 e. The Morgan fingerprint density at radius 1 is 0.536 bits per heavy atom. The quantitative estimate of drug-likeness (QED) is 0.301. The predicted molar refractivity (Wildman–Crippen MR) is 118 cm³/mol. The molecule has 0 aliphatic carbocycles. The van der Waals surface area contributed by atoms with Gasteiger partial charge in [-0.05, 0) is 61.1 Å². The lowest BCUT2D eigenvalue weighted by atomic mass is 10.0. The minimum atomic E-state index is 0.938. The smallest absolute Gasteiger partial charge is 0.136 e. The molecule has 0 atom stereocenters. The molecular formula is C26H26O2. The molecule has 0 unspecified atom stereocenters. The lowest BCUT2D eigenvalue weighted by Crippen LogP contribution is -1.83. The molecule has 0 fully saturated rings. The van der Waals surface area contributed by atoms with Crippen molar-refractivity contribution >= 4 is 43.9 Å². The topological polar surface area (TPSA) is 26.3 Å². The van der Waals surface area contributed by atoms with Crippen LogP contribution >= 0.6 is 0 Å². The molecule has 5 aromatic rings. The summed E-state index contributed by atoms with van der Waals surface area (Å²) in [5, 5.41) is 4.60. The van der Waals surface area contributed by atoms with Crippen LogP contribution in [0, 0.1) is 0 Å². The summed E-state index contributed by atoms with van der Waals surface area (Å²) in [5.74, 6) is 0. The molecule has 28 heavy (non-hydrogen) atoms. The molecule has 2 aromatic heterocycles. The maximum absolute atomic E-state index is 6.23. The molecule has 0 aliphatic rings. The van der Waals surface area contributed by atoms with Crippen molar-refractivity contribution in [1.82, 2.24) is 0 Å². The Balaban J connectivity index is 1.64. The van der Waals surface area contributed by atoms with Crippen LogP contribution in [0.25, 0.3) is 43.9 Å². The van der Waals surface area contributed by atoms with Gasteiger partial charge in [-0.15, -0.1) is 0 Å². The molecule has 2 heteroatoms. The van der Waals surface area contributed by atoms with Gasteiger partial charge in [-0.2, -0.15) is 0 Å². The van der Waals surface area contributed by atoms with Crippen LogP contribution in [0.1, 0.15) is 50.7 Å². The van der Waals surface area contributed by atoms with Crippen LogP contribution in [-0.2, 0) is 12.8 Å². The van der Waals surface area contributed by atoms with Gasteiger partial charge in [0.05, 0.1) is 0 Å². The Kier molecular flexibility index (Phi) is 4.35. The molecular weight excluding hydrogens is 344 g/mol. The fourth-order valence-corrected chi connectivity index (χ4v) is 4.21. The predicted octanol–water partition coefficient (Wildman–Crippen LogP) is 8.17. The van der Waals surface area contributed by atoms with Crippen molar-refractivity contribution in [2.75, 3.05) is 0 Å². The molecule has 0 saturated carbocycles. The van der Waals surface area contributed by atoms with E-state index in [1.807, 2.05) is 0 Å². The van der Waals surface area contributed by atoms with Gasteiger partial charge in [0, 0.05) is 21.5 Å². The van der Waals surface area contributed by atoms with Crippen LogP contribution in [0.3, 0.4) is 0 Å². The fraction of sp³-hybridized carbons (Fsp3) is 0.308. The first-order valence-electron chi connectivity index (χ1n) is 10.6. The van der Waals surface area contributed by atoms with E-state index < -0.39 is 0 Å². The van der Waals surface area contributed by atoms with Crippen LogP contribution in [0.15, 0.2) is 57.4 Å². The van der Waals surface area contributed by atoms with Crippen LogP contribution in [0.5, 0.6) is 0 Å². The highest BCUT2D eigenvalue weighted by molar-refractivity contribution is 6.14. The van der Waals surface area contributed by atoms with E-state index in [1.165, 1.54) is 47.6 Å². The normalized spacial score (nSPS) is 12.1. The first-order chi connectivity index (χ1) is 13.8. The zero-order chi connectivity index (χ0) is 19.1. The second kappa shape index (κ2) is 7.01. The number of hydrogen-bond donors (Lipinski definition) is 0. The Labute approximate surface area is 165 Å². The number of fused-ring (bicyclic) bond motifs is 6. The van der Waals surface area contributed by atoms with Gasteiger partial charge in [-0.25, -0.2) is 0 Å². The Morgan fingerprint density at radius 2 is 0.964 bits per heavy atom. The number of unbranched alkanes of at least 4 members (excludes halogenated alkanes) is 2. The molecule has 0 spiro atoms. The van der Waals surface area contributed by atoms with Crippen molar-refractivity contribution in [1.29, 1.82) is 0 Å². The highest BCUT2D eigenvalue weighted by Gasteiger charge is 2.14. The third-order valence-electron chi connectivity index (χ3n) is 5.83. The summed E-state index contributed by atoms with van der Waals surface area (Å²) < 4.78 is 12.5. The molecule has 0 bridgehead atoms. The number of furan rings is 2. The molecule has 142 valence electrons. The summed E-state index contributed by atoms with van der Waals surface area (Å²) in [6.45, 7) is 4.46. The maximum atomic E-state index is 6.23. The highest BCUT2D eigenvalue weighted by atomic mass is 16.3. The second-order valence-electron chi connectivity index (χ2n) is 7.92. The van der Waals surface area contributed by atoms with E-state index in [2.05, 4.69) is 62.4 Å². The number of benzene rings is 3. The molecule has 0 radical (unpaired) electrons. The van der Waals surface area contributed by atoms with Gasteiger partial charge in [0.1, 0.15) is 22.3 Å². The van der Waals surface area contributed by atoms with Crippen molar-refractivity contribution in [3.05, 3.63) is 59.7 Å². The second-order valence-corrected chi connectivity index (χ2v) is 7.92. The minimum absolute atomic E-state index is 0.938. The molecule has 5 rings (SSSR count). The van der Waals surface area contributed by atoms with Crippen molar-refractivity contribution < 1.29 is 8.83 Å². The van der Waals surface area contributed by atoms with Gasteiger partial charge in [0.25, 0.3) is 0 Å². The lowest BCUT2D eigenvalue weighted by Gasteiger charge is -1.98. The average molecular weight is 370 g/mol. The molecule has 2 nitrogen and oxygen atoms in total. The summed E-state index contributed by atoms with van der Waals surface area (Å²) in [6.07, 6.45) is 7.06. The summed E-state index contributed by atoms with van der Waals surface area (Å²) in [4.78, 5) is 0. The molecule has 0 saturated heterocycles. The van der Waals surface area contributed by atoms with E-state index in [0.717, 1.165) is 45.9 Å². The average Bonchev–Trinajstić information content (AvgIpc) is 3.25. The van der Waals surface area contributed by atoms with E-state index in [0.29, 0.717) is 0 Å². The van der Waals surface area contributed by atoms with Gasteiger partial charge in [-0.3, -0.25) is 0 Å². The summed E-state index contributed by atoms with van der Waals surface area (Å²) in [7, 11) is 0. The van der Waals surface area contributed by atoms with Crippen molar-refractivity contribution in [2.45, 2.75) is 52.4 Å². The number of aryl methyl sites for hydroxylation is 2. The lowest BCUT2D eigenvalue weighted by molar-refractivity contribution is 0.662. The fourth-order valence-electron chi connectivity index (χ4n) is 4.21. The van der Waals surface area contributed by atoms with Crippen molar-refractivity contribution in [3.8, 4) is 0 Å². The van der Waals surface area contributed by atoms with Crippen LogP contribution in [-0.4, -0.2) is 0 Å². The first kappa shape index (κ1) is 17.4.